The molecule has 0 N–H and O–H groups in total. The maximum atomic E-state index is 8.93. The molecule has 4 nitrogen and oxygen atoms in total. The fourth-order valence-corrected chi connectivity index (χ4v) is 1.97. The highest BCUT2D eigenvalue weighted by molar-refractivity contribution is 6.35. The van der Waals surface area contributed by atoms with Crippen LogP contribution >= 0.6 is 11.6 Å². The first kappa shape index (κ1) is 13.4. The van der Waals surface area contributed by atoms with Gasteiger partial charge in [-0.2, -0.15) is 4.79 Å². The van der Waals surface area contributed by atoms with Crippen LogP contribution in [-0.4, -0.2) is 34.9 Å². The molecule has 1 atom stereocenters. The molecule has 0 saturated carbocycles. The molecule has 98 valence electrons. The van der Waals surface area contributed by atoms with Gasteiger partial charge in [-0.15, -0.1) is 11.6 Å². The van der Waals surface area contributed by atoms with Crippen molar-refractivity contribution in [2.45, 2.75) is 5.38 Å². The molecular weight excluding hydrogens is 262 g/mol. The molecule has 1 unspecified atom stereocenters. The smallest absolute Gasteiger partial charge is 0.317 e. The molecule has 0 spiro atoms. The van der Waals surface area contributed by atoms with Crippen LogP contribution in [0.15, 0.2) is 53.9 Å². The summed E-state index contributed by atoms with van der Waals surface area (Å²) < 4.78 is 5.81. The number of nitrogens with zero attached hydrogens (tertiary/aromatic N) is 3. The Labute approximate surface area is 117 Å². The van der Waals surface area contributed by atoms with Crippen molar-refractivity contribution in [1.29, 1.82) is 0 Å². The molecule has 0 aromatic heterocycles. The zero-order valence-corrected chi connectivity index (χ0v) is 11.5. The van der Waals surface area contributed by atoms with Gasteiger partial charge in [0.1, 0.15) is 5.75 Å². The Kier molecular flexibility index (Phi) is 4.05. The molecule has 0 radical (unpaired) electrons. The SMILES string of the molecule is CN(C)C1=CC(Cl)C(=[N+]=[N-])C=C1Oc1ccccc1. The van der Waals surface area contributed by atoms with E-state index in [9.17, 15) is 0 Å². The van der Waals surface area contributed by atoms with Crippen molar-refractivity contribution in [3.8, 4) is 5.75 Å². The molecule has 0 bridgehead atoms. The van der Waals surface area contributed by atoms with E-state index in [4.69, 9.17) is 21.9 Å². The van der Waals surface area contributed by atoms with Crippen LogP contribution in [0.25, 0.3) is 5.53 Å². The monoisotopic (exact) mass is 275 g/mol. The molecule has 5 heteroatoms. The Morgan fingerprint density at radius 1 is 1.26 bits per heavy atom. The number of alkyl halides is 1. The first-order valence-corrected chi connectivity index (χ1v) is 6.25. The molecule has 1 aliphatic rings. The fraction of sp³-hybridized carbons (Fsp3) is 0.214. The van der Waals surface area contributed by atoms with Crippen molar-refractivity contribution in [3.05, 3.63) is 59.5 Å². The zero-order chi connectivity index (χ0) is 13.8. The van der Waals surface area contributed by atoms with E-state index in [2.05, 4.69) is 4.79 Å². The van der Waals surface area contributed by atoms with E-state index >= 15 is 0 Å². The number of benzene rings is 1. The van der Waals surface area contributed by atoms with Crippen LogP contribution in [0.3, 0.4) is 0 Å². The van der Waals surface area contributed by atoms with Gasteiger partial charge in [-0.05, 0) is 18.2 Å². The highest BCUT2D eigenvalue weighted by atomic mass is 35.5. The molecule has 19 heavy (non-hydrogen) atoms. The summed E-state index contributed by atoms with van der Waals surface area (Å²) in [4.78, 5) is 5.08. The van der Waals surface area contributed by atoms with E-state index in [-0.39, 0.29) is 0 Å². The normalized spacial score (nSPS) is 18.3. The van der Waals surface area contributed by atoms with Crippen LogP contribution in [-0.2, 0) is 0 Å². The third-order valence-corrected chi connectivity index (χ3v) is 3.04. The number of allylic oxidation sites excluding steroid dienone is 2. The maximum Gasteiger partial charge on any atom is 0.317 e. The van der Waals surface area contributed by atoms with Gasteiger partial charge in [0.25, 0.3) is 0 Å². The Hall–Kier alpha value is -2.03. The van der Waals surface area contributed by atoms with Crippen molar-refractivity contribution >= 4 is 17.3 Å². The number of ether oxygens (including phenoxy) is 1. The third-order valence-electron chi connectivity index (χ3n) is 2.69. The summed E-state index contributed by atoms with van der Waals surface area (Å²) in [5.41, 5.74) is 10.1. The molecule has 2 rings (SSSR count). The van der Waals surface area contributed by atoms with Gasteiger partial charge in [0.2, 0.25) is 0 Å². The van der Waals surface area contributed by atoms with Crippen LogP contribution in [0.4, 0.5) is 0 Å². The quantitative estimate of drug-likeness (QED) is 0.484. The van der Waals surface area contributed by atoms with Gasteiger partial charge < -0.3 is 15.2 Å². The van der Waals surface area contributed by atoms with Crippen molar-refractivity contribution < 1.29 is 9.53 Å². The van der Waals surface area contributed by atoms with Crippen molar-refractivity contribution in [2.75, 3.05) is 14.1 Å². The number of hydrogen-bond donors (Lipinski definition) is 0. The van der Waals surface area contributed by atoms with E-state index in [0.29, 0.717) is 17.2 Å². The second-order valence-electron chi connectivity index (χ2n) is 4.30. The summed E-state index contributed by atoms with van der Waals surface area (Å²) in [6, 6.07) is 9.42. The van der Waals surface area contributed by atoms with E-state index in [1.165, 1.54) is 0 Å². The minimum Gasteiger partial charge on any atom is -0.455 e. The number of rotatable bonds is 3. The molecule has 1 aliphatic carbocycles. The molecule has 0 saturated heterocycles. The second kappa shape index (κ2) is 5.74. The second-order valence-corrected chi connectivity index (χ2v) is 4.77. The predicted molar refractivity (Wildman–Crippen MR) is 75.2 cm³/mol. The van der Waals surface area contributed by atoms with Crippen LogP contribution in [0, 0.1) is 0 Å². The largest absolute Gasteiger partial charge is 0.455 e. The topological polar surface area (TPSA) is 48.9 Å². The van der Waals surface area contributed by atoms with E-state index in [0.717, 1.165) is 5.70 Å². The van der Waals surface area contributed by atoms with E-state index < -0.39 is 5.38 Å². The van der Waals surface area contributed by atoms with Gasteiger partial charge in [-0.3, -0.25) is 0 Å². The van der Waals surface area contributed by atoms with Gasteiger partial charge in [-0.25, -0.2) is 0 Å². The fourth-order valence-electron chi connectivity index (χ4n) is 1.74. The third kappa shape index (κ3) is 3.05. The van der Waals surface area contributed by atoms with E-state index in [1.807, 2.05) is 49.3 Å². The molecule has 1 aromatic rings. The molecular formula is C14H14ClN3O. The zero-order valence-electron chi connectivity index (χ0n) is 10.7. The first-order valence-electron chi connectivity index (χ1n) is 5.82. The Morgan fingerprint density at radius 3 is 2.53 bits per heavy atom. The average molecular weight is 276 g/mol. The van der Waals surface area contributed by atoms with Gasteiger partial charge in [0.05, 0.1) is 11.8 Å². The van der Waals surface area contributed by atoms with Crippen LogP contribution in [0.1, 0.15) is 0 Å². The minimum absolute atomic E-state index is 0.359. The van der Waals surface area contributed by atoms with Crippen molar-refractivity contribution in [2.24, 2.45) is 0 Å². The van der Waals surface area contributed by atoms with Gasteiger partial charge >= 0.3 is 5.71 Å². The first-order chi connectivity index (χ1) is 9.11. The number of likely N-dealkylation sites (N-methyl/N-ethyl adjacent to an activating group) is 1. The standard InChI is InChI=1S/C14H14ClN3O/c1-18(2)13-8-11(15)12(17-16)9-14(13)19-10-6-4-3-5-7-10/h3-9,11H,1-2H3. The number of halogens is 1. The van der Waals surface area contributed by atoms with Gasteiger partial charge in [0.15, 0.2) is 11.1 Å². The lowest BCUT2D eigenvalue weighted by Crippen LogP contribution is -2.25. The summed E-state index contributed by atoms with van der Waals surface area (Å²) in [6.45, 7) is 0. The molecule has 1 aromatic carbocycles. The molecule has 0 fully saturated rings. The number of para-hydroxylation sites is 1. The predicted octanol–water partition coefficient (Wildman–Crippen LogP) is 2.69. The molecule has 0 heterocycles. The van der Waals surface area contributed by atoms with Crippen LogP contribution in [0.2, 0.25) is 0 Å². The summed E-state index contributed by atoms with van der Waals surface area (Å²) >= 11 is 6.10. The highest BCUT2D eigenvalue weighted by Gasteiger charge is 2.27. The van der Waals surface area contributed by atoms with Crippen molar-refractivity contribution in [1.82, 2.24) is 4.90 Å². The van der Waals surface area contributed by atoms with Crippen molar-refractivity contribution in [3.63, 3.8) is 0 Å². The summed E-state index contributed by atoms with van der Waals surface area (Å²) in [6.07, 6.45) is 3.43. The Balaban J connectivity index is 2.34. The lowest BCUT2D eigenvalue weighted by Gasteiger charge is -2.23. The lowest BCUT2D eigenvalue weighted by atomic mass is 10.1. The Morgan fingerprint density at radius 2 is 1.95 bits per heavy atom. The van der Waals surface area contributed by atoms with Gasteiger partial charge in [-0.1, -0.05) is 18.2 Å². The summed E-state index contributed by atoms with van der Waals surface area (Å²) in [5, 5.41) is -0.467. The summed E-state index contributed by atoms with van der Waals surface area (Å²) in [7, 11) is 3.80. The maximum absolute atomic E-state index is 8.93. The minimum atomic E-state index is -0.467. The molecule has 0 amide bonds. The Bertz CT molecular complexity index is 572. The number of hydrogen-bond acceptors (Lipinski definition) is 2. The average Bonchev–Trinajstić information content (AvgIpc) is 2.41. The molecule has 0 aliphatic heterocycles. The lowest BCUT2D eigenvalue weighted by molar-refractivity contribution is -0.00544. The van der Waals surface area contributed by atoms with E-state index in [1.54, 1.807) is 12.2 Å². The van der Waals surface area contributed by atoms with Crippen LogP contribution < -0.4 is 4.74 Å². The summed E-state index contributed by atoms with van der Waals surface area (Å²) in [5.74, 6) is 1.31. The highest BCUT2D eigenvalue weighted by Crippen LogP contribution is 2.25. The van der Waals surface area contributed by atoms with Crippen LogP contribution in [0.5, 0.6) is 5.75 Å². The van der Waals surface area contributed by atoms with Gasteiger partial charge in [0, 0.05) is 14.1 Å².